The fourth-order valence-corrected chi connectivity index (χ4v) is 1.77. The van der Waals surface area contributed by atoms with Gasteiger partial charge in [0.2, 0.25) is 5.91 Å². The Kier molecular flexibility index (Phi) is 3.65. The number of carbonyl (C=O) groups is 2. The first-order valence-corrected chi connectivity index (χ1v) is 5.38. The molecule has 0 unspecified atom stereocenters. The van der Waals surface area contributed by atoms with E-state index in [2.05, 4.69) is 0 Å². The molecule has 1 atom stereocenters. The summed E-state index contributed by atoms with van der Waals surface area (Å²) in [5.74, 6) is -0.563. The van der Waals surface area contributed by atoms with Crippen LogP contribution in [0, 0.1) is 0 Å². The van der Waals surface area contributed by atoms with Crippen molar-refractivity contribution in [1.29, 1.82) is 0 Å². The monoisotopic (exact) mass is 309 g/mol. The summed E-state index contributed by atoms with van der Waals surface area (Å²) in [5.41, 5.74) is 0. The number of amides is 2. The molecule has 1 rings (SSSR count). The van der Waals surface area contributed by atoms with E-state index in [1.807, 2.05) is 36.4 Å². The summed E-state index contributed by atoms with van der Waals surface area (Å²) in [7, 11) is 0. The molecule has 14 heavy (non-hydrogen) atoms. The molecule has 0 N–H and O–H groups in total. The van der Waals surface area contributed by atoms with E-state index in [1.165, 1.54) is 6.92 Å². The smallest absolute Gasteiger partial charge is 0.268 e. The van der Waals surface area contributed by atoms with E-state index in [4.69, 9.17) is 4.74 Å². The van der Waals surface area contributed by atoms with Crippen molar-refractivity contribution >= 4 is 34.4 Å². The van der Waals surface area contributed by atoms with Crippen molar-refractivity contribution in [1.82, 2.24) is 4.90 Å². The van der Waals surface area contributed by atoms with Crippen LogP contribution < -0.4 is 0 Å². The molecule has 0 aromatic carbocycles. The molecule has 78 valence electrons. The van der Waals surface area contributed by atoms with Crippen LogP contribution in [-0.2, 0) is 14.3 Å². The van der Waals surface area contributed by atoms with Gasteiger partial charge in [-0.15, -0.1) is 0 Å². The molecule has 0 aliphatic carbocycles. The molecule has 4 nitrogen and oxygen atoms in total. The summed E-state index contributed by atoms with van der Waals surface area (Å²) >= 11 is 1.91. The molecule has 1 aliphatic rings. The van der Waals surface area contributed by atoms with Gasteiger partial charge in [-0.2, -0.15) is 0 Å². The van der Waals surface area contributed by atoms with Crippen LogP contribution in [0.1, 0.15) is 20.8 Å². The largest absolute Gasteiger partial charge is 0.351 e. The summed E-state index contributed by atoms with van der Waals surface area (Å²) in [6, 6.07) is 0. The molecular formula is C9H12INO3. The second-order valence-corrected chi connectivity index (χ2v) is 4.45. The normalized spacial score (nSPS) is 21.8. The van der Waals surface area contributed by atoms with E-state index < -0.39 is 6.23 Å². The first-order valence-electron chi connectivity index (χ1n) is 4.30. The minimum atomic E-state index is -0.535. The molecule has 2 amide bonds. The number of nitrogens with zero attached hydrogens (tertiary/aromatic N) is 1. The van der Waals surface area contributed by atoms with E-state index in [9.17, 15) is 9.59 Å². The van der Waals surface area contributed by atoms with E-state index in [0.29, 0.717) is 3.58 Å². The van der Waals surface area contributed by atoms with Gasteiger partial charge in [0.05, 0.1) is 9.68 Å². The Balaban J connectivity index is 2.83. The Hall–Kier alpha value is -0.430. The van der Waals surface area contributed by atoms with Gasteiger partial charge in [0.25, 0.3) is 5.91 Å². The Morgan fingerprint density at radius 1 is 1.64 bits per heavy atom. The molecule has 1 heterocycles. The van der Waals surface area contributed by atoms with Crippen molar-refractivity contribution in [3.63, 3.8) is 0 Å². The molecule has 1 aliphatic heterocycles. The Labute approximate surface area is 96.4 Å². The summed E-state index contributed by atoms with van der Waals surface area (Å²) in [6.45, 7) is 5.08. The first kappa shape index (κ1) is 11.6. The maximum atomic E-state index is 11.5. The minimum Gasteiger partial charge on any atom is -0.351 e. The van der Waals surface area contributed by atoms with Crippen molar-refractivity contribution in [3.8, 4) is 0 Å². The van der Waals surface area contributed by atoms with Crippen molar-refractivity contribution in [3.05, 3.63) is 9.66 Å². The maximum Gasteiger partial charge on any atom is 0.268 e. The molecule has 0 aromatic heterocycles. The lowest BCUT2D eigenvalue weighted by Crippen LogP contribution is -2.40. The van der Waals surface area contributed by atoms with Crippen LogP contribution in [0.3, 0.4) is 0 Å². The summed E-state index contributed by atoms with van der Waals surface area (Å²) < 4.78 is 5.96. The third kappa shape index (κ3) is 2.33. The van der Waals surface area contributed by atoms with Gasteiger partial charge in [0.15, 0.2) is 6.23 Å². The second kappa shape index (κ2) is 4.39. The summed E-state index contributed by atoms with van der Waals surface area (Å²) in [5, 5.41) is 0. The van der Waals surface area contributed by atoms with Crippen LogP contribution in [0.15, 0.2) is 9.66 Å². The molecule has 0 aromatic rings. The zero-order valence-electron chi connectivity index (χ0n) is 8.28. The van der Waals surface area contributed by atoms with E-state index >= 15 is 0 Å². The van der Waals surface area contributed by atoms with Crippen LogP contribution >= 0.6 is 22.6 Å². The number of halogens is 1. The Morgan fingerprint density at radius 2 is 2.21 bits per heavy atom. The van der Waals surface area contributed by atoms with E-state index in [-0.39, 0.29) is 17.9 Å². The number of imide groups is 1. The molecule has 5 heteroatoms. The summed E-state index contributed by atoms with van der Waals surface area (Å²) in [4.78, 5) is 23.8. The third-order valence-corrected chi connectivity index (χ3v) is 2.54. The minimum absolute atomic E-state index is 0.0202. The Morgan fingerprint density at radius 3 is 2.64 bits per heavy atom. The third-order valence-electron chi connectivity index (χ3n) is 1.72. The molecular weight excluding hydrogens is 297 g/mol. The van der Waals surface area contributed by atoms with Gasteiger partial charge < -0.3 is 4.74 Å². The highest BCUT2D eigenvalue weighted by atomic mass is 127. The van der Waals surface area contributed by atoms with Crippen LogP contribution in [0.25, 0.3) is 0 Å². The first-order chi connectivity index (χ1) is 6.43. The number of ether oxygens (including phenoxy) is 1. The van der Waals surface area contributed by atoms with Gasteiger partial charge in [0.1, 0.15) is 0 Å². The highest BCUT2D eigenvalue weighted by molar-refractivity contribution is 14.1. The second-order valence-electron chi connectivity index (χ2n) is 3.28. The van der Waals surface area contributed by atoms with Crippen molar-refractivity contribution in [2.24, 2.45) is 0 Å². The molecule has 0 saturated carbocycles. The molecule has 0 bridgehead atoms. The standard InChI is InChI=1S/C9H12INO3/c1-5(2)14-8-4-7(10)9(13)11(8)6(3)12/h4-5,8H,1-3H3/t8-/m0/s1. The quantitative estimate of drug-likeness (QED) is 0.725. The van der Waals surface area contributed by atoms with Gasteiger partial charge in [0, 0.05) is 6.92 Å². The number of hydrogen-bond acceptors (Lipinski definition) is 3. The van der Waals surface area contributed by atoms with Gasteiger partial charge in [-0.05, 0) is 42.5 Å². The predicted octanol–water partition coefficient (Wildman–Crippen LogP) is 1.45. The van der Waals surface area contributed by atoms with Crippen molar-refractivity contribution in [2.75, 3.05) is 0 Å². The highest BCUT2D eigenvalue weighted by Crippen LogP contribution is 2.24. The summed E-state index contributed by atoms with van der Waals surface area (Å²) in [6.07, 6.45) is 1.10. The number of hydrogen-bond donors (Lipinski definition) is 0. The predicted molar refractivity (Wildman–Crippen MR) is 59.6 cm³/mol. The lowest BCUT2D eigenvalue weighted by molar-refractivity contribution is -0.152. The van der Waals surface area contributed by atoms with Gasteiger partial charge >= 0.3 is 0 Å². The molecule has 0 saturated heterocycles. The van der Waals surface area contributed by atoms with Crippen LogP contribution in [-0.4, -0.2) is 29.0 Å². The van der Waals surface area contributed by atoms with Gasteiger partial charge in [-0.1, -0.05) is 0 Å². The SMILES string of the molecule is CC(=O)N1C(=O)C(I)=C[C@@H]1OC(C)C. The van der Waals surface area contributed by atoms with Crippen molar-refractivity contribution < 1.29 is 14.3 Å². The zero-order valence-corrected chi connectivity index (χ0v) is 10.4. The lowest BCUT2D eigenvalue weighted by atomic mass is 10.4. The average molecular weight is 309 g/mol. The Bertz CT molecular complexity index is 298. The number of carbonyl (C=O) groups excluding carboxylic acids is 2. The highest BCUT2D eigenvalue weighted by Gasteiger charge is 2.35. The van der Waals surface area contributed by atoms with E-state index in [0.717, 1.165) is 4.90 Å². The molecule has 0 spiro atoms. The zero-order chi connectivity index (χ0) is 10.9. The molecule has 0 fully saturated rings. The van der Waals surface area contributed by atoms with Crippen LogP contribution in [0.5, 0.6) is 0 Å². The fraction of sp³-hybridized carbons (Fsp3) is 0.556. The topological polar surface area (TPSA) is 46.6 Å². The van der Waals surface area contributed by atoms with E-state index in [1.54, 1.807) is 6.08 Å². The van der Waals surface area contributed by atoms with Gasteiger partial charge in [-0.25, -0.2) is 4.90 Å². The van der Waals surface area contributed by atoms with Crippen molar-refractivity contribution in [2.45, 2.75) is 33.1 Å². The lowest BCUT2D eigenvalue weighted by Gasteiger charge is -2.23. The molecule has 0 radical (unpaired) electrons. The average Bonchev–Trinajstić information content (AvgIpc) is 2.26. The maximum absolute atomic E-state index is 11.5. The fourth-order valence-electron chi connectivity index (χ4n) is 1.20. The van der Waals surface area contributed by atoms with Crippen LogP contribution in [0.4, 0.5) is 0 Å². The van der Waals surface area contributed by atoms with Crippen LogP contribution in [0.2, 0.25) is 0 Å². The number of rotatable bonds is 2. The van der Waals surface area contributed by atoms with Gasteiger partial charge in [-0.3, -0.25) is 9.59 Å².